The van der Waals surface area contributed by atoms with E-state index in [4.69, 9.17) is 0 Å². The van der Waals surface area contributed by atoms with E-state index in [0.29, 0.717) is 11.3 Å². The van der Waals surface area contributed by atoms with Crippen molar-refractivity contribution in [1.82, 2.24) is 0 Å². The standard InChI is InChI=1S/C15H12N2O5/c1-22-15(19)10-5-7-12(8-6-10)16-9-11-3-2-4-13(14(11)18)17(20)21/h2-9,18H,1H3. The minimum atomic E-state index is -0.669. The van der Waals surface area contributed by atoms with Crippen molar-refractivity contribution in [3.63, 3.8) is 0 Å². The average molecular weight is 300 g/mol. The second-order valence-corrected chi connectivity index (χ2v) is 4.27. The number of benzene rings is 2. The first-order valence-electron chi connectivity index (χ1n) is 6.21. The van der Waals surface area contributed by atoms with Crippen LogP contribution in [0.15, 0.2) is 47.5 Å². The van der Waals surface area contributed by atoms with E-state index in [0.717, 1.165) is 0 Å². The minimum absolute atomic E-state index is 0.228. The average Bonchev–Trinajstić information content (AvgIpc) is 2.53. The van der Waals surface area contributed by atoms with E-state index in [2.05, 4.69) is 9.73 Å². The van der Waals surface area contributed by atoms with Gasteiger partial charge in [-0.05, 0) is 30.3 Å². The summed E-state index contributed by atoms with van der Waals surface area (Å²) in [5.41, 5.74) is 0.759. The number of methoxy groups -OCH3 is 1. The molecular formula is C15H12N2O5. The van der Waals surface area contributed by atoms with Gasteiger partial charge in [-0.15, -0.1) is 0 Å². The molecule has 112 valence electrons. The molecule has 0 bridgehead atoms. The van der Waals surface area contributed by atoms with Gasteiger partial charge in [0.05, 0.1) is 23.3 Å². The summed E-state index contributed by atoms with van der Waals surface area (Å²) < 4.78 is 4.58. The van der Waals surface area contributed by atoms with Crippen LogP contribution in [0.3, 0.4) is 0 Å². The maximum Gasteiger partial charge on any atom is 0.337 e. The zero-order valence-electron chi connectivity index (χ0n) is 11.6. The molecule has 0 heterocycles. The van der Waals surface area contributed by atoms with Crippen molar-refractivity contribution >= 4 is 23.6 Å². The van der Waals surface area contributed by atoms with Crippen LogP contribution in [0.25, 0.3) is 0 Å². The summed E-state index contributed by atoms with van der Waals surface area (Å²) in [5, 5.41) is 20.5. The number of nitro benzene ring substituents is 1. The van der Waals surface area contributed by atoms with Crippen LogP contribution in [-0.4, -0.2) is 29.3 Å². The van der Waals surface area contributed by atoms with Gasteiger partial charge in [-0.2, -0.15) is 0 Å². The van der Waals surface area contributed by atoms with E-state index in [-0.39, 0.29) is 11.3 Å². The Morgan fingerprint density at radius 3 is 2.55 bits per heavy atom. The number of phenolic OH excluding ortho intramolecular Hbond substituents is 1. The van der Waals surface area contributed by atoms with Gasteiger partial charge in [-0.25, -0.2) is 4.79 Å². The monoisotopic (exact) mass is 300 g/mol. The number of carbonyl (C=O) groups excluding carboxylic acids is 1. The number of nitro groups is 1. The van der Waals surface area contributed by atoms with E-state index in [1.165, 1.54) is 31.5 Å². The van der Waals surface area contributed by atoms with Gasteiger partial charge in [-0.3, -0.25) is 15.1 Å². The number of aliphatic imine (C=N–C) groups is 1. The highest BCUT2D eigenvalue weighted by Crippen LogP contribution is 2.28. The summed E-state index contributed by atoms with van der Waals surface area (Å²) in [6.45, 7) is 0. The van der Waals surface area contributed by atoms with E-state index in [1.54, 1.807) is 24.3 Å². The molecule has 0 saturated carbocycles. The van der Waals surface area contributed by atoms with Gasteiger partial charge in [0, 0.05) is 17.8 Å². The molecule has 22 heavy (non-hydrogen) atoms. The Hall–Kier alpha value is -3.22. The lowest BCUT2D eigenvalue weighted by molar-refractivity contribution is -0.385. The highest BCUT2D eigenvalue weighted by atomic mass is 16.6. The topological polar surface area (TPSA) is 102 Å². The van der Waals surface area contributed by atoms with Crippen molar-refractivity contribution in [3.8, 4) is 5.75 Å². The predicted octanol–water partition coefficient (Wildman–Crippen LogP) is 2.84. The Balaban J connectivity index is 2.24. The molecule has 0 radical (unpaired) electrons. The lowest BCUT2D eigenvalue weighted by atomic mass is 10.2. The van der Waals surface area contributed by atoms with Crippen LogP contribution in [-0.2, 0) is 4.74 Å². The summed E-state index contributed by atoms with van der Waals surface area (Å²) in [5.74, 6) is -0.894. The smallest absolute Gasteiger partial charge is 0.337 e. The van der Waals surface area contributed by atoms with Gasteiger partial charge in [0.25, 0.3) is 0 Å². The number of para-hydroxylation sites is 1. The van der Waals surface area contributed by atoms with Gasteiger partial charge in [0.15, 0.2) is 0 Å². The molecule has 0 saturated heterocycles. The first kappa shape index (κ1) is 15.2. The molecule has 0 spiro atoms. The molecular weight excluding hydrogens is 288 g/mol. The van der Waals surface area contributed by atoms with E-state index in [1.807, 2.05) is 0 Å². The fraction of sp³-hybridized carbons (Fsp3) is 0.0667. The molecule has 0 fully saturated rings. The van der Waals surface area contributed by atoms with Gasteiger partial charge in [-0.1, -0.05) is 6.07 Å². The summed E-state index contributed by atoms with van der Waals surface area (Å²) in [4.78, 5) is 25.5. The quantitative estimate of drug-likeness (QED) is 0.405. The summed E-state index contributed by atoms with van der Waals surface area (Å²) in [6, 6.07) is 10.5. The van der Waals surface area contributed by atoms with Gasteiger partial charge < -0.3 is 9.84 Å². The van der Waals surface area contributed by atoms with Crippen molar-refractivity contribution < 1.29 is 19.6 Å². The van der Waals surface area contributed by atoms with Gasteiger partial charge in [0.2, 0.25) is 5.75 Å². The number of aromatic hydroxyl groups is 1. The Morgan fingerprint density at radius 1 is 1.27 bits per heavy atom. The number of esters is 1. The highest BCUT2D eigenvalue weighted by molar-refractivity contribution is 5.90. The van der Waals surface area contributed by atoms with Crippen LogP contribution >= 0.6 is 0 Å². The highest BCUT2D eigenvalue weighted by Gasteiger charge is 2.14. The van der Waals surface area contributed by atoms with Crippen LogP contribution < -0.4 is 0 Å². The van der Waals surface area contributed by atoms with Crippen LogP contribution in [0.4, 0.5) is 11.4 Å². The molecule has 2 rings (SSSR count). The Kier molecular flexibility index (Phi) is 4.47. The van der Waals surface area contributed by atoms with Crippen molar-refractivity contribution in [3.05, 3.63) is 63.7 Å². The predicted molar refractivity (Wildman–Crippen MR) is 79.8 cm³/mol. The number of carbonyl (C=O) groups is 1. The Labute approximate surface area is 125 Å². The SMILES string of the molecule is COC(=O)c1ccc(N=Cc2cccc([N+](=O)[O-])c2O)cc1. The number of hydrogen-bond donors (Lipinski definition) is 1. The molecule has 0 aliphatic carbocycles. The fourth-order valence-corrected chi connectivity index (χ4v) is 1.75. The van der Waals surface area contributed by atoms with Crippen molar-refractivity contribution in [2.75, 3.05) is 7.11 Å². The summed E-state index contributed by atoms with van der Waals surface area (Å²) in [7, 11) is 1.29. The molecule has 2 aromatic rings. The summed E-state index contributed by atoms with van der Waals surface area (Å²) in [6.07, 6.45) is 1.31. The normalized spacial score (nSPS) is 10.6. The minimum Gasteiger partial charge on any atom is -0.502 e. The molecule has 0 aliphatic rings. The number of rotatable bonds is 4. The third-order valence-electron chi connectivity index (χ3n) is 2.88. The van der Waals surface area contributed by atoms with Crippen LogP contribution in [0.1, 0.15) is 15.9 Å². The number of nitrogens with zero attached hydrogens (tertiary/aromatic N) is 2. The van der Waals surface area contributed by atoms with Crippen LogP contribution in [0.2, 0.25) is 0 Å². The zero-order valence-corrected chi connectivity index (χ0v) is 11.6. The second-order valence-electron chi connectivity index (χ2n) is 4.27. The molecule has 0 unspecified atom stereocenters. The van der Waals surface area contributed by atoms with Crippen LogP contribution in [0.5, 0.6) is 5.75 Å². The molecule has 7 nitrogen and oxygen atoms in total. The Morgan fingerprint density at radius 2 is 1.95 bits per heavy atom. The second kappa shape index (κ2) is 6.49. The van der Waals surface area contributed by atoms with Crippen LogP contribution in [0, 0.1) is 10.1 Å². The molecule has 0 aliphatic heterocycles. The van der Waals surface area contributed by atoms with E-state index in [9.17, 15) is 20.0 Å². The number of ether oxygens (including phenoxy) is 1. The summed E-state index contributed by atoms with van der Waals surface area (Å²) >= 11 is 0. The van der Waals surface area contributed by atoms with Gasteiger partial charge >= 0.3 is 11.7 Å². The molecule has 1 N–H and O–H groups in total. The molecule has 2 aromatic carbocycles. The zero-order chi connectivity index (χ0) is 16.1. The first-order chi connectivity index (χ1) is 10.5. The molecule has 7 heteroatoms. The lowest BCUT2D eigenvalue weighted by Gasteiger charge is -2.01. The van der Waals surface area contributed by atoms with E-state index >= 15 is 0 Å². The maximum absolute atomic E-state index is 11.3. The largest absolute Gasteiger partial charge is 0.502 e. The maximum atomic E-state index is 11.3. The molecule has 0 atom stereocenters. The fourth-order valence-electron chi connectivity index (χ4n) is 1.75. The van der Waals surface area contributed by atoms with Crippen molar-refractivity contribution in [2.24, 2.45) is 4.99 Å². The molecule has 0 aromatic heterocycles. The third kappa shape index (κ3) is 3.26. The van der Waals surface area contributed by atoms with Gasteiger partial charge in [0.1, 0.15) is 0 Å². The lowest BCUT2D eigenvalue weighted by Crippen LogP contribution is -1.99. The number of phenols is 1. The Bertz CT molecular complexity index is 738. The first-order valence-corrected chi connectivity index (χ1v) is 6.21. The molecule has 0 amide bonds. The van der Waals surface area contributed by atoms with Crippen molar-refractivity contribution in [1.29, 1.82) is 0 Å². The van der Waals surface area contributed by atoms with E-state index < -0.39 is 16.6 Å². The number of hydrogen-bond acceptors (Lipinski definition) is 6. The third-order valence-corrected chi connectivity index (χ3v) is 2.88. The van der Waals surface area contributed by atoms with Crippen molar-refractivity contribution in [2.45, 2.75) is 0 Å².